The molecule has 3 saturated carbocycles. The van der Waals surface area contributed by atoms with E-state index in [1.54, 1.807) is 20.8 Å². The van der Waals surface area contributed by atoms with Gasteiger partial charge in [0.1, 0.15) is 0 Å². The molecule has 4 rings (SSSR count). The highest BCUT2D eigenvalue weighted by molar-refractivity contribution is 5.21. The average Bonchev–Trinajstić information content (AvgIpc) is 3.69. The van der Waals surface area contributed by atoms with Gasteiger partial charge in [0.05, 0.1) is 5.60 Å². The summed E-state index contributed by atoms with van der Waals surface area (Å²) in [7, 11) is 0. The van der Waals surface area contributed by atoms with Gasteiger partial charge >= 0.3 is 18.3 Å². The first kappa shape index (κ1) is 40.1. The second-order valence-corrected chi connectivity index (χ2v) is 16.5. The first-order chi connectivity index (χ1) is 22.1. The summed E-state index contributed by atoms with van der Waals surface area (Å²) in [5.74, 6) is -8.81. The molecule has 12 heteroatoms. The molecule has 4 fully saturated rings. The van der Waals surface area contributed by atoms with Gasteiger partial charge in [-0.25, -0.2) is 0 Å². The Morgan fingerprint density at radius 2 is 1.54 bits per heavy atom. The van der Waals surface area contributed by atoms with E-state index in [0.29, 0.717) is 38.7 Å². The van der Waals surface area contributed by atoms with Crippen LogP contribution in [0, 0.1) is 34.0 Å². The Morgan fingerprint density at radius 3 is 2.08 bits per heavy atom. The minimum Gasteiger partial charge on any atom is -0.353 e. The van der Waals surface area contributed by atoms with Gasteiger partial charge in [-0.15, -0.1) is 0 Å². The van der Waals surface area contributed by atoms with Crippen molar-refractivity contribution in [1.82, 2.24) is 0 Å². The maximum Gasteiger partial charge on any atom is 0.456 e. The van der Waals surface area contributed by atoms with Crippen LogP contribution < -0.4 is 0 Å². The summed E-state index contributed by atoms with van der Waals surface area (Å²) in [6, 6.07) is 0. The molecular formula is C36H58F8O4. The Labute approximate surface area is 281 Å². The number of rotatable bonds is 15. The summed E-state index contributed by atoms with van der Waals surface area (Å²) < 4.78 is 144. The SMILES string of the molecule is CCCCOC(C)OC(C1CC2CCC1(C(C)(C)CC(C)(CC)C1CCCC1(C)OC1CCCCO1)C2)(C(F)(F)F)C(F)(F)C(F)(F)F. The molecule has 9 atom stereocenters. The number of unbranched alkanes of at least 4 members (excludes halogenated alkanes) is 1. The van der Waals surface area contributed by atoms with E-state index in [9.17, 15) is 13.2 Å². The molecule has 0 aromatic carbocycles. The van der Waals surface area contributed by atoms with Crippen LogP contribution in [0.4, 0.5) is 35.1 Å². The Balaban J connectivity index is 1.78. The normalized spacial score (nSPS) is 35.1. The van der Waals surface area contributed by atoms with Crippen LogP contribution in [0.25, 0.3) is 0 Å². The van der Waals surface area contributed by atoms with Crippen molar-refractivity contribution in [3.63, 3.8) is 0 Å². The van der Waals surface area contributed by atoms with Gasteiger partial charge in [0.2, 0.25) is 5.60 Å². The minimum atomic E-state index is -6.51. The summed E-state index contributed by atoms with van der Waals surface area (Å²) in [6.45, 7) is 13.0. The largest absolute Gasteiger partial charge is 0.456 e. The summed E-state index contributed by atoms with van der Waals surface area (Å²) in [5, 5.41) is 0. The summed E-state index contributed by atoms with van der Waals surface area (Å²) in [5.41, 5.74) is -8.46. The van der Waals surface area contributed by atoms with Crippen molar-refractivity contribution in [2.24, 2.45) is 34.0 Å². The van der Waals surface area contributed by atoms with E-state index < -0.39 is 70.3 Å². The lowest BCUT2D eigenvalue weighted by Crippen LogP contribution is -2.73. The quantitative estimate of drug-likeness (QED) is 0.0965. The lowest BCUT2D eigenvalue weighted by atomic mass is 9.49. The summed E-state index contributed by atoms with van der Waals surface area (Å²) >= 11 is 0. The Kier molecular flexibility index (Phi) is 11.7. The molecule has 1 aliphatic heterocycles. The van der Waals surface area contributed by atoms with Crippen molar-refractivity contribution in [2.75, 3.05) is 13.2 Å². The van der Waals surface area contributed by atoms with E-state index in [1.807, 2.05) is 6.92 Å². The van der Waals surface area contributed by atoms with Gasteiger partial charge in [0, 0.05) is 19.1 Å². The molecule has 9 unspecified atom stereocenters. The van der Waals surface area contributed by atoms with Crippen LogP contribution in [0.5, 0.6) is 0 Å². The molecule has 0 aromatic heterocycles. The second-order valence-electron chi connectivity index (χ2n) is 16.5. The van der Waals surface area contributed by atoms with Crippen molar-refractivity contribution in [3.8, 4) is 0 Å². The predicted molar refractivity (Wildman–Crippen MR) is 166 cm³/mol. The van der Waals surface area contributed by atoms with Crippen LogP contribution in [0.1, 0.15) is 138 Å². The molecule has 48 heavy (non-hydrogen) atoms. The monoisotopic (exact) mass is 706 g/mol. The number of fused-ring (bicyclic) bond motifs is 2. The fourth-order valence-corrected chi connectivity index (χ4v) is 10.8. The Morgan fingerprint density at radius 1 is 0.854 bits per heavy atom. The predicted octanol–water partition coefficient (Wildman–Crippen LogP) is 11.4. The fraction of sp³-hybridized carbons (Fsp3) is 1.00. The number of hydrogen-bond acceptors (Lipinski definition) is 4. The van der Waals surface area contributed by atoms with Gasteiger partial charge in [-0.3, -0.25) is 0 Å². The van der Waals surface area contributed by atoms with Crippen molar-refractivity contribution >= 4 is 0 Å². The van der Waals surface area contributed by atoms with Crippen LogP contribution in [0.3, 0.4) is 0 Å². The maximum absolute atomic E-state index is 15.9. The molecule has 0 spiro atoms. The molecule has 4 nitrogen and oxygen atoms in total. The van der Waals surface area contributed by atoms with Gasteiger partial charge in [0.15, 0.2) is 12.6 Å². The molecule has 0 amide bonds. The van der Waals surface area contributed by atoms with Crippen LogP contribution >= 0.6 is 0 Å². The third-order valence-electron chi connectivity index (χ3n) is 13.1. The van der Waals surface area contributed by atoms with E-state index >= 15 is 22.0 Å². The first-order valence-corrected chi connectivity index (χ1v) is 18.2. The molecule has 0 radical (unpaired) electrons. The molecule has 0 aromatic rings. The van der Waals surface area contributed by atoms with Crippen molar-refractivity contribution in [1.29, 1.82) is 0 Å². The zero-order valence-electron chi connectivity index (χ0n) is 29.9. The van der Waals surface area contributed by atoms with E-state index in [4.69, 9.17) is 18.9 Å². The maximum atomic E-state index is 15.9. The summed E-state index contributed by atoms with van der Waals surface area (Å²) in [6.07, 6.45) is -7.40. The van der Waals surface area contributed by atoms with Gasteiger partial charge in [0.25, 0.3) is 0 Å². The molecule has 1 saturated heterocycles. The van der Waals surface area contributed by atoms with Gasteiger partial charge < -0.3 is 18.9 Å². The molecule has 3 aliphatic carbocycles. The molecule has 4 aliphatic rings. The van der Waals surface area contributed by atoms with Crippen LogP contribution in [-0.2, 0) is 18.9 Å². The van der Waals surface area contributed by atoms with E-state index in [1.165, 1.54) is 0 Å². The third-order valence-corrected chi connectivity index (χ3v) is 13.1. The number of halogens is 8. The number of ether oxygens (including phenoxy) is 4. The van der Waals surface area contributed by atoms with Gasteiger partial charge in [-0.1, -0.05) is 53.9 Å². The van der Waals surface area contributed by atoms with Crippen molar-refractivity contribution in [3.05, 3.63) is 0 Å². The third kappa shape index (κ3) is 6.92. The smallest absolute Gasteiger partial charge is 0.353 e. The zero-order chi connectivity index (χ0) is 36.0. The van der Waals surface area contributed by atoms with E-state index in [0.717, 1.165) is 45.4 Å². The molecule has 2 bridgehead atoms. The lowest BCUT2D eigenvalue weighted by Gasteiger charge is -2.59. The minimum absolute atomic E-state index is 0.0134. The van der Waals surface area contributed by atoms with Crippen LogP contribution in [0.2, 0.25) is 0 Å². The van der Waals surface area contributed by atoms with E-state index in [2.05, 4.69) is 13.8 Å². The first-order valence-electron chi connectivity index (χ1n) is 18.2. The topological polar surface area (TPSA) is 36.9 Å². The lowest BCUT2D eigenvalue weighted by molar-refractivity contribution is -0.451. The van der Waals surface area contributed by atoms with Gasteiger partial charge in [-0.2, -0.15) is 35.1 Å². The van der Waals surface area contributed by atoms with Crippen LogP contribution in [0.15, 0.2) is 0 Å². The number of hydrogen-bond donors (Lipinski definition) is 0. The molecule has 282 valence electrons. The summed E-state index contributed by atoms with van der Waals surface area (Å²) in [4.78, 5) is 0. The van der Waals surface area contributed by atoms with Crippen molar-refractivity contribution in [2.45, 2.75) is 180 Å². The Hall–Kier alpha value is -0.720. The highest BCUT2D eigenvalue weighted by Gasteiger charge is 2.87. The highest BCUT2D eigenvalue weighted by atomic mass is 19.4. The standard InChI is InChI=1S/C36H58F8O4/c1-8-10-19-45-24(3)47-33(35(39,40)41,34(37,38)36(42,43)44)27-21-25-16-18-32(27,22-25)29(4,5)23-30(6,9-2)26-14-13-17-31(26,7)48-28-15-11-12-20-46-28/h24-28H,8-23H2,1-7H3. The number of alkyl halides is 8. The van der Waals surface area contributed by atoms with Crippen molar-refractivity contribution < 1.29 is 54.1 Å². The van der Waals surface area contributed by atoms with E-state index in [-0.39, 0.29) is 31.7 Å². The second kappa shape index (κ2) is 14.0. The fourth-order valence-electron chi connectivity index (χ4n) is 10.8. The van der Waals surface area contributed by atoms with Gasteiger partial charge in [-0.05, 0) is 113 Å². The average molecular weight is 707 g/mol. The molecule has 0 N–H and O–H groups in total. The van der Waals surface area contributed by atoms with Crippen LogP contribution in [-0.4, -0.2) is 55.3 Å². The molecule has 1 heterocycles. The highest BCUT2D eigenvalue weighted by Crippen LogP contribution is 2.74. The Bertz CT molecular complexity index is 1080. The zero-order valence-corrected chi connectivity index (χ0v) is 29.9. The molecular weight excluding hydrogens is 648 g/mol.